The first kappa shape index (κ1) is 31.7. The maximum Gasteiger partial charge on any atom is 0.308 e. The number of likely N-dealkylation sites (tertiary alicyclic amines) is 1. The van der Waals surface area contributed by atoms with Gasteiger partial charge < -0.3 is 28.9 Å². The zero-order valence-electron chi connectivity index (χ0n) is 25.2. The van der Waals surface area contributed by atoms with Crippen molar-refractivity contribution in [3.05, 3.63) is 23.8 Å². The van der Waals surface area contributed by atoms with Gasteiger partial charge in [-0.25, -0.2) is 0 Å². The number of rotatable bonds is 15. The van der Waals surface area contributed by atoms with Gasteiger partial charge in [-0.15, -0.1) is 0 Å². The Morgan fingerprint density at radius 2 is 1.73 bits per heavy atom. The van der Waals surface area contributed by atoms with Gasteiger partial charge in [-0.05, 0) is 37.5 Å². The predicted molar refractivity (Wildman–Crippen MR) is 153 cm³/mol. The van der Waals surface area contributed by atoms with Crippen LogP contribution in [0.1, 0.15) is 57.9 Å². The number of carbonyl (C=O) groups is 3. The van der Waals surface area contributed by atoms with E-state index in [0.29, 0.717) is 50.6 Å². The SMILES string of the molecule is CCCCN(CCC[N+](C)(C)C)C(=O)CN1C[C@H](c2ccc3c(c2)OCO3)[C@@H](C(=O)O)[C@@H]1CCN(CC)C(C)=O. The molecule has 224 valence electrons. The monoisotopic (exact) mass is 561 g/mol. The first-order valence-electron chi connectivity index (χ1n) is 14.6. The topological polar surface area (TPSA) is 99.6 Å². The highest BCUT2D eigenvalue weighted by atomic mass is 16.7. The van der Waals surface area contributed by atoms with Crippen LogP contribution < -0.4 is 9.47 Å². The number of fused-ring (bicyclic) bond motifs is 1. The molecule has 2 aliphatic heterocycles. The number of quaternary nitrogens is 1. The molecule has 0 saturated carbocycles. The van der Waals surface area contributed by atoms with E-state index in [1.807, 2.05) is 34.9 Å². The number of nitrogens with zero attached hydrogens (tertiary/aromatic N) is 4. The van der Waals surface area contributed by atoms with Crippen molar-refractivity contribution in [2.45, 2.75) is 58.4 Å². The van der Waals surface area contributed by atoms with Crippen molar-refractivity contribution in [2.75, 3.05) is 73.7 Å². The fourth-order valence-corrected chi connectivity index (χ4v) is 5.88. The number of benzene rings is 1. The molecule has 1 aromatic rings. The van der Waals surface area contributed by atoms with Crippen molar-refractivity contribution in [1.29, 1.82) is 0 Å². The van der Waals surface area contributed by atoms with Crippen LogP contribution >= 0.6 is 0 Å². The van der Waals surface area contributed by atoms with Gasteiger partial charge in [0.15, 0.2) is 11.5 Å². The highest BCUT2D eigenvalue weighted by Gasteiger charge is 2.47. The summed E-state index contributed by atoms with van der Waals surface area (Å²) in [5.41, 5.74) is 0.862. The Balaban J connectivity index is 1.85. The number of ether oxygens (including phenoxy) is 2. The molecular weight excluding hydrogens is 512 g/mol. The third kappa shape index (κ3) is 8.33. The molecule has 0 aromatic heterocycles. The first-order chi connectivity index (χ1) is 18.9. The second-order valence-electron chi connectivity index (χ2n) is 12.1. The summed E-state index contributed by atoms with van der Waals surface area (Å²) in [5.74, 6) is -0.665. The molecule has 1 N–H and O–H groups in total. The van der Waals surface area contributed by atoms with E-state index < -0.39 is 11.9 Å². The van der Waals surface area contributed by atoms with E-state index >= 15 is 0 Å². The number of carboxylic acids is 1. The standard InChI is InChI=1S/C30H48N4O6/c1-7-9-14-32(15-10-17-34(4,5)6)28(36)20-33-19-24(23-11-12-26-27(18-23)40-21-39-26)29(30(37)38)25(33)13-16-31(8-2)22(3)35/h11-12,18,24-25,29H,7-10,13-17,19-21H2,1-6H3/p+1/t24-,25+,29-/m1/s1. The van der Waals surface area contributed by atoms with Crippen molar-refractivity contribution in [1.82, 2.24) is 14.7 Å². The molecule has 10 nitrogen and oxygen atoms in total. The van der Waals surface area contributed by atoms with Crippen LogP contribution in [0.3, 0.4) is 0 Å². The van der Waals surface area contributed by atoms with Crippen LogP contribution in [0.25, 0.3) is 0 Å². The number of amides is 2. The highest BCUT2D eigenvalue weighted by molar-refractivity contribution is 5.79. The summed E-state index contributed by atoms with van der Waals surface area (Å²) < 4.78 is 11.9. The van der Waals surface area contributed by atoms with E-state index in [9.17, 15) is 19.5 Å². The maximum absolute atomic E-state index is 13.7. The molecule has 40 heavy (non-hydrogen) atoms. The zero-order valence-corrected chi connectivity index (χ0v) is 25.2. The van der Waals surface area contributed by atoms with E-state index in [1.165, 1.54) is 6.92 Å². The van der Waals surface area contributed by atoms with E-state index in [4.69, 9.17) is 9.47 Å². The molecule has 3 atom stereocenters. The summed E-state index contributed by atoms with van der Waals surface area (Å²) in [6.07, 6.45) is 3.32. The summed E-state index contributed by atoms with van der Waals surface area (Å²) in [6, 6.07) is 5.22. The highest BCUT2D eigenvalue weighted by Crippen LogP contribution is 2.42. The summed E-state index contributed by atoms with van der Waals surface area (Å²) in [4.78, 5) is 44.3. The Morgan fingerprint density at radius 3 is 2.35 bits per heavy atom. The Bertz CT molecular complexity index is 1030. The lowest BCUT2D eigenvalue weighted by Gasteiger charge is -2.31. The van der Waals surface area contributed by atoms with Crippen LogP contribution in [0.4, 0.5) is 0 Å². The smallest absolute Gasteiger partial charge is 0.308 e. The molecule has 1 saturated heterocycles. The van der Waals surface area contributed by atoms with Gasteiger partial charge in [-0.2, -0.15) is 0 Å². The van der Waals surface area contributed by atoms with Gasteiger partial charge in [0.25, 0.3) is 0 Å². The fourth-order valence-electron chi connectivity index (χ4n) is 5.88. The number of carbonyl (C=O) groups excluding carboxylic acids is 2. The summed E-state index contributed by atoms with van der Waals surface area (Å²) in [6.45, 7) is 9.68. The molecule has 0 radical (unpaired) electrons. The lowest BCUT2D eigenvalue weighted by Crippen LogP contribution is -2.46. The average Bonchev–Trinajstić information content (AvgIpc) is 3.49. The molecule has 0 spiro atoms. The van der Waals surface area contributed by atoms with Gasteiger partial charge in [0, 0.05) is 58.0 Å². The van der Waals surface area contributed by atoms with Crippen LogP contribution in [0.15, 0.2) is 18.2 Å². The molecule has 0 bridgehead atoms. The number of aliphatic carboxylic acids is 1. The molecular formula is C30H49N4O6+. The lowest BCUT2D eigenvalue weighted by molar-refractivity contribution is -0.870. The number of hydrogen-bond acceptors (Lipinski definition) is 6. The van der Waals surface area contributed by atoms with Crippen LogP contribution in [-0.4, -0.2) is 122 Å². The normalized spacial score (nSPS) is 20.5. The average molecular weight is 562 g/mol. The van der Waals surface area contributed by atoms with Crippen molar-refractivity contribution < 1.29 is 33.4 Å². The van der Waals surface area contributed by atoms with Crippen LogP contribution in [0.5, 0.6) is 11.5 Å². The molecule has 10 heteroatoms. The third-order valence-corrected chi connectivity index (χ3v) is 8.11. The largest absolute Gasteiger partial charge is 0.481 e. The quantitative estimate of drug-likeness (QED) is 0.329. The van der Waals surface area contributed by atoms with Crippen LogP contribution in [0.2, 0.25) is 0 Å². The van der Waals surface area contributed by atoms with Crippen molar-refractivity contribution >= 4 is 17.8 Å². The molecule has 1 aromatic carbocycles. The summed E-state index contributed by atoms with van der Waals surface area (Å²) in [5, 5.41) is 10.4. The Hall–Kier alpha value is -2.85. The lowest BCUT2D eigenvalue weighted by atomic mass is 9.84. The zero-order chi connectivity index (χ0) is 29.4. The second kappa shape index (κ2) is 14.2. The molecule has 2 amide bonds. The molecule has 0 unspecified atom stereocenters. The maximum atomic E-state index is 13.7. The van der Waals surface area contributed by atoms with Crippen LogP contribution in [0, 0.1) is 5.92 Å². The molecule has 2 aliphatic rings. The van der Waals surface area contributed by atoms with E-state index in [-0.39, 0.29) is 37.1 Å². The minimum atomic E-state index is -0.890. The van der Waals surface area contributed by atoms with Gasteiger partial charge in [0.05, 0.1) is 40.2 Å². The summed E-state index contributed by atoms with van der Waals surface area (Å²) in [7, 11) is 6.45. The second-order valence-corrected chi connectivity index (χ2v) is 12.1. The summed E-state index contributed by atoms with van der Waals surface area (Å²) >= 11 is 0. The van der Waals surface area contributed by atoms with E-state index in [1.54, 1.807) is 4.90 Å². The van der Waals surface area contributed by atoms with Gasteiger partial charge in [-0.3, -0.25) is 19.3 Å². The molecule has 2 heterocycles. The van der Waals surface area contributed by atoms with Gasteiger partial charge >= 0.3 is 5.97 Å². The van der Waals surface area contributed by atoms with Gasteiger partial charge in [-0.1, -0.05) is 19.4 Å². The number of hydrogen-bond donors (Lipinski definition) is 1. The van der Waals surface area contributed by atoms with Crippen LogP contribution in [-0.2, 0) is 14.4 Å². The predicted octanol–water partition coefficient (Wildman–Crippen LogP) is 2.87. The minimum absolute atomic E-state index is 0.0363. The minimum Gasteiger partial charge on any atom is -0.481 e. The van der Waals surface area contributed by atoms with E-state index in [2.05, 4.69) is 28.1 Å². The molecule has 0 aliphatic carbocycles. The van der Waals surface area contributed by atoms with Crippen molar-refractivity contribution in [3.63, 3.8) is 0 Å². The third-order valence-electron chi connectivity index (χ3n) is 8.11. The molecule has 3 rings (SSSR count). The van der Waals surface area contributed by atoms with Gasteiger partial charge in [0.2, 0.25) is 18.6 Å². The first-order valence-corrected chi connectivity index (χ1v) is 14.6. The molecule has 1 fully saturated rings. The Morgan fingerprint density at radius 1 is 1.02 bits per heavy atom. The van der Waals surface area contributed by atoms with Gasteiger partial charge in [0.1, 0.15) is 0 Å². The fraction of sp³-hybridized carbons (Fsp3) is 0.700. The number of unbranched alkanes of at least 4 members (excludes halogenated alkanes) is 1. The number of carboxylic acid groups (broad SMARTS) is 1. The van der Waals surface area contributed by atoms with E-state index in [0.717, 1.165) is 35.9 Å². The Kier molecular flexibility index (Phi) is 11.2. The van der Waals surface area contributed by atoms with Crippen molar-refractivity contribution in [2.24, 2.45) is 5.92 Å². The van der Waals surface area contributed by atoms with Crippen molar-refractivity contribution in [3.8, 4) is 11.5 Å². The Labute approximate surface area is 239 Å².